The Balaban J connectivity index is 1.22. The zero-order chi connectivity index (χ0) is 30.5. The summed E-state index contributed by atoms with van der Waals surface area (Å²) in [4.78, 5) is 25.9. The van der Waals surface area contributed by atoms with Gasteiger partial charge in [-0.25, -0.2) is 0 Å². The number of benzene rings is 4. The van der Waals surface area contributed by atoms with Gasteiger partial charge < -0.3 is 39.1 Å². The predicted molar refractivity (Wildman–Crippen MR) is 158 cm³/mol. The van der Waals surface area contributed by atoms with Gasteiger partial charge in [-0.1, -0.05) is 24.3 Å². The number of phenolic OH excluding ortho intramolecular Hbond substituents is 3. The lowest BCUT2D eigenvalue weighted by Crippen LogP contribution is -2.22. The maximum atomic E-state index is 13.3. The van der Waals surface area contributed by atoms with Gasteiger partial charge in [0, 0.05) is 36.0 Å². The van der Waals surface area contributed by atoms with Crippen molar-refractivity contribution >= 4 is 16.9 Å². The number of hydrogen-bond donors (Lipinski definition) is 4. The van der Waals surface area contributed by atoms with Crippen LogP contribution in [0.4, 0.5) is 0 Å². The molecule has 44 heavy (non-hydrogen) atoms. The first-order chi connectivity index (χ1) is 21.3. The van der Waals surface area contributed by atoms with E-state index in [2.05, 4.69) is 6.07 Å². The van der Waals surface area contributed by atoms with E-state index in [1.54, 1.807) is 12.1 Å². The highest BCUT2D eigenvalue weighted by Crippen LogP contribution is 2.47. The van der Waals surface area contributed by atoms with E-state index in [4.69, 9.17) is 18.6 Å². The Morgan fingerprint density at radius 1 is 0.841 bits per heavy atom. The van der Waals surface area contributed by atoms with E-state index in [0.29, 0.717) is 30.1 Å². The molecule has 0 spiro atoms. The van der Waals surface area contributed by atoms with Crippen molar-refractivity contribution in [2.24, 2.45) is 0 Å². The van der Waals surface area contributed by atoms with Crippen molar-refractivity contribution in [3.8, 4) is 51.6 Å². The van der Waals surface area contributed by atoms with Gasteiger partial charge in [-0.05, 0) is 53.1 Å². The molecule has 0 fully saturated rings. The first kappa shape index (κ1) is 27.2. The van der Waals surface area contributed by atoms with E-state index in [1.165, 1.54) is 17.7 Å². The van der Waals surface area contributed by atoms with Gasteiger partial charge in [-0.2, -0.15) is 0 Å². The predicted octanol–water partition coefficient (Wildman–Crippen LogP) is 5.28. The molecule has 10 nitrogen and oxygen atoms in total. The smallest absolute Gasteiger partial charge is 0.312 e. The fourth-order valence-electron chi connectivity index (χ4n) is 5.81. The van der Waals surface area contributed by atoms with Crippen molar-refractivity contribution < 1.29 is 43.8 Å². The lowest BCUT2D eigenvalue weighted by Gasteiger charge is -2.26. The van der Waals surface area contributed by atoms with Crippen molar-refractivity contribution in [3.05, 3.63) is 99.2 Å². The fourth-order valence-corrected chi connectivity index (χ4v) is 5.81. The highest BCUT2D eigenvalue weighted by atomic mass is 16.5. The first-order valence-electron chi connectivity index (χ1n) is 14.0. The summed E-state index contributed by atoms with van der Waals surface area (Å²) in [5.74, 6) is -2.07. The lowest BCUT2D eigenvalue weighted by molar-refractivity contribution is -0.135. The summed E-state index contributed by atoms with van der Waals surface area (Å²) >= 11 is 0. The van der Waals surface area contributed by atoms with Crippen LogP contribution >= 0.6 is 0 Å². The lowest BCUT2D eigenvalue weighted by atomic mass is 9.85. The third-order valence-electron chi connectivity index (χ3n) is 8.00. The van der Waals surface area contributed by atoms with Crippen LogP contribution in [0.5, 0.6) is 40.2 Å². The first-order valence-corrected chi connectivity index (χ1v) is 14.0. The quantitative estimate of drug-likeness (QED) is 0.116. The highest BCUT2D eigenvalue weighted by Gasteiger charge is 2.34. The van der Waals surface area contributed by atoms with Gasteiger partial charge in [0.25, 0.3) is 0 Å². The third-order valence-corrected chi connectivity index (χ3v) is 8.00. The van der Waals surface area contributed by atoms with Crippen LogP contribution in [0.25, 0.3) is 22.3 Å². The van der Waals surface area contributed by atoms with E-state index >= 15 is 0 Å². The van der Waals surface area contributed by atoms with Crippen molar-refractivity contribution in [2.75, 3.05) is 13.2 Å². The molecule has 1 aromatic heterocycles. The van der Waals surface area contributed by atoms with Crippen molar-refractivity contribution in [1.82, 2.24) is 0 Å². The number of hydrogen-bond acceptors (Lipinski definition) is 10. The average Bonchev–Trinajstić information content (AvgIpc) is 3.48. The standard InChI is InChI=1S/C34H26O10/c35-23-7-4-20(14-24(23)36)33-32(40)31(39)30-25(37)16-27-29(34(30)44-33)22(15-28(38)43-27)18-2-5-21(6-3-18)41-11-9-17-1-8-26-19(13-17)10-12-42-26/h1-8,13-14,16,22,35-37,40H,9-12,15H2. The second-order valence-electron chi connectivity index (χ2n) is 10.8. The Morgan fingerprint density at radius 2 is 1.66 bits per heavy atom. The zero-order valence-electron chi connectivity index (χ0n) is 23.2. The molecule has 0 aliphatic carbocycles. The molecule has 3 heterocycles. The molecular formula is C34H26O10. The molecule has 222 valence electrons. The van der Waals surface area contributed by atoms with Crippen LogP contribution in [0.1, 0.15) is 34.6 Å². The summed E-state index contributed by atoms with van der Waals surface area (Å²) in [7, 11) is 0. The van der Waals surface area contributed by atoms with Crippen molar-refractivity contribution in [3.63, 3.8) is 0 Å². The average molecular weight is 595 g/mol. The minimum Gasteiger partial charge on any atom is -0.507 e. The summed E-state index contributed by atoms with van der Waals surface area (Å²) in [6.07, 6.45) is 1.55. The van der Waals surface area contributed by atoms with Crippen LogP contribution in [0.3, 0.4) is 0 Å². The number of esters is 1. The van der Waals surface area contributed by atoms with E-state index in [1.807, 2.05) is 24.3 Å². The van der Waals surface area contributed by atoms with Crippen LogP contribution in [0, 0.1) is 0 Å². The number of rotatable bonds is 6. The molecule has 10 heteroatoms. The summed E-state index contributed by atoms with van der Waals surface area (Å²) in [5.41, 5.74) is 2.53. The number of carbonyl (C=O) groups excluding carboxylic acids is 1. The number of aromatic hydroxyl groups is 4. The highest BCUT2D eigenvalue weighted by molar-refractivity contribution is 5.94. The summed E-state index contributed by atoms with van der Waals surface area (Å²) < 4.78 is 23.0. The molecule has 0 radical (unpaired) electrons. The van der Waals surface area contributed by atoms with E-state index in [9.17, 15) is 30.0 Å². The number of ether oxygens (including phenoxy) is 3. The van der Waals surface area contributed by atoms with Gasteiger partial charge in [0.2, 0.25) is 11.2 Å². The number of phenols is 3. The summed E-state index contributed by atoms with van der Waals surface area (Å²) in [6.45, 7) is 1.17. The van der Waals surface area contributed by atoms with E-state index in [-0.39, 0.29) is 34.5 Å². The Labute approximate surface area is 249 Å². The SMILES string of the molecule is O=C1CC(c2ccc(OCCc3ccc4c(c3)CCO4)cc2)c2c(cc(O)c3c(=O)c(O)c(-c4ccc(O)c(O)c4)oc23)O1. The van der Waals surface area contributed by atoms with Crippen LogP contribution < -0.4 is 19.6 Å². The van der Waals surface area contributed by atoms with E-state index < -0.39 is 40.3 Å². The molecule has 5 aromatic rings. The molecule has 0 saturated carbocycles. The molecule has 7 rings (SSSR count). The van der Waals surface area contributed by atoms with Crippen molar-refractivity contribution in [2.45, 2.75) is 25.2 Å². The number of carbonyl (C=O) groups is 1. The minimum atomic E-state index is -0.913. The Bertz CT molecular complexity index is 2010. The molecule has 2 aliphatic rings. The molecule has 0 amide bonds. The van der Waals surface area contributed by atoms with E-state index in [0.717, 1.165) is 36.3 Å². The van der Waals surface area contributed by atoms with Gasteiger partial charge in [0.15, 0.2) is 17.3 Å². The second-order valence-corrected chi connectivity index (χ2v) is 10.8. The molecule has 1 unspecified atom stereocenters. The summed E-state index contributed by atoms with van der Waals surface area (Å²) in [5, 5.41) is 40.8. The van der Waals surface area contributed by atoms with Gasteiger partial charge in [-0.3, -0.25) is 9.59 Å². The molecule has 0 saturated heterocycles. The van der Waals surface area contributed by atoms with Gasteiger partial charge in [0.1, 0.15) is 34.0 Å². The summed E-state index contributed by atoms with van der Waals surface area (Å²) in [6, 6.07) is 18.2. The fraction of sp³-hybridized carbons (Fsp3) is 0.176. The van der Waals surface area contributed by atoms with Gasteiger partial charge in [0.05, 0.1) is 19.6 Å². The Hall–Kier alpha value is -5.64. The largest absolute Gasteiger partial charge is 0.507 e. The molecule has 1 atom stereocenters. The molecular weight excluding hydrogens is 568 g/mol. The monoisotopic (exact) mass is 594 g/mol. The minimum absolute atomic E-state index is 0.0182. The molecule has 4 aromatic carbocycles. The Kier molecular flexibility index (Phi) is 6.54. The number of fused-ring (bicyclic) bond motifs is 4. The zero-order valence-corrected chi connectivity index (χ0v) is 23.2. The van der Waals surface area contributed by atoms with Gasteiger partial charge in [-0.15, -0.1) is 0 Å². The maximum Gasteiger partial charge on any atom is 0.312 e. The molecule has 2 aliphatic heterocycles. The normalized spacial score (nSPS) is 15.4. The van der Waals surface area contributed by atoms with Gasteiger partial charge >= 0.3 is 5.97 Å². The Morgan fingerprint density at radius 3 is 2.45 bits per heavy atom. The van der Waals surface area contributed by atoms with Crippen LogP contribution in [0.2, 0.25) is 0 Å². The maximum absolute atomic E-state index is 13.3. The van der Waals surface area contributed by atoms with Crippen LogP contribution in [0.15, 0.2) is 75.9 Å². The topological polar surface area (TPSA) is 156 Å². The van der Waals surface area contributed by atoms with Crippen LogP contribution in [-0.2, 0) is 17.6 Å². The van der Waals surface area contributed by atoms with Crippen molar-refractivity contribution in [1.29, 1.82) is 0 Å². The van der Waals surface area contributed by atoms with Crippen LogP contribution in [-0.4, -0.2) is 39.6 Å². The second kappa shape index (κ2) is 10.6. The molecule has 4 N–H and O–H groups in total. The third kappa shape index (κ3) is 4.70. The molecule has 0 bridgehead atoms.